The standard InChI is InChI=1S/C24H26N4OS2/c1-3-14-28-22(16-30-20-12-10-18(2)11-13-20)25-26-24(28)31-17-23(29)27-15-6-8-19-7-4-5-9-21(19)27/h3-5,7,9-13H,1,6,8,14-17H2,2H3. The Kier molecular flexibility index (Phi) is 7.14. The van der Waals surface area contributed by atoms with Crippen LogP contribution < -0.4 is 4.90 Å². The molecule has 0 aliphatic carbocycles. The van der Waals surface area contributed by atoms with Gasteiger partial charge in [-0.25, -0.2) is 0 Å². The third-order valence-electron chi connectivity index (χ3n) is 5.23. The van der Waals surface area contributed by atoms with Crippen LogP contribution in [0, 0.1) is 6.92 Å². The van der Waals surface area contributed by atoms with Crippen molar-refractivity contribution in [3.05, 3.63) is 78.1 Å². The normalized spacial score (nSPS) is 13.1. The Morgan fingerprint density at radius 3 is 2.74 bits per heavy atom. The Balaban J connectivity index is 1.42. The lowest BCUT2D eigenvalue weighted by molar-refractivity contribution is -0.116. The smallest absolute Gasteiger partial charge is 0.237 e. The minimum atomic E-state index is 0.112. The van der Waals surface area contributed by atoms with Gasteiger partial charge >= 0.3 is 0 Å². The summed E-state index contributed by atoms with van der Waals surface area (Å²) in [6, 6.07) is 16.7. The summed E-state index contributed by atoms with van der Waals surface area (Å²) in [6.45, 7) is 7.35. The van der Waals surface area contributed by atoms with Crippen molar-refractivity contribution in [1.82, 2.24) is 14.8 Å². The second-order valence-electron chi connectivity index (χ2n) is 7.47. The van der Waals surface area contributed by atoms with Crippen molar-refractivity contribution in [2.24, 2.45) is 0 Å². The molecular formula is C24H26N4OS2. The van der Waals surface area contributed by atoms with Crippen LogP contribution in [0.15, 0.2) is 71.2 Å². The number of amides is 1. The molecule has 0 saturated carbocycles. The fourth-order valence-corrected chi connectivity index (χ4v) is 5.30. The van der Waals surface area contributed by atoms with Crippen molar-refractivity contribution in [3.63, 3.8) is 0 Å². The molecule has 4 rings (SSSR count). The summed E-state index contributed by atoms with van der Waals surface area (Å²) < 4.78 is 2.05. The largest absolute Gasteiger partial charge is 0.311 e. The molecule has 3 aromatic rings. The number of aryl methyl sites for hydroxylation is 2. The number of rotatable bonds is 8. The summed E-state index contributed by atoms with van der Waals surface area (Å²) in [6.07, 6.45) is 3.87. The number of anilines is 1. The molecule has 0 saturated heterocycles. The third kappa shape index (κ3) is 5.22. The number of fused-ring (bicyclic) bond motifs is 1. The number of benzene rings is 2. The van der Waals surface area contributed by atoms with Gasteiger partial charge in [-0.2, -0.15) is 0 Å². The molecule has 1 aliphatic heterocycles. The maximum absolute atomic E-state index is 13.0. The molecule has 1 amide bonds. The van der Waals surface area contributed by atoms with E-state index in [-0.39, 0.29) is 5.91 Å². The van der Waals surface area contributed by atoms with Crippen LogP contribution in [0.2, 0.25) is 0 Å². The lowest BCUT2D eigenvalue weighted by Gasteiger charge is -2.29. The summed E-state index contributed by atoms with van der Waals surface area (Å²) in [7, 11) is 0. The Hall–Kier alpha value is -2.51. The molecule has 2 heterocycles. The van der Waals surface area contributed by atoms with E-state index in [4.69, 9.17) is 0 Å². The highest BCUT2D eigenvalue weighted by atomic mass is 32.2. The number of nitrogens with zero attached hydrogens (tertiary/aromatic N) is 4. The molecule has 160 valence electrons. The molecule has 0 bridgehead atoms. The highest BCUT2D eigenvalue weighted by Crippen LogP contribution is 2.29. The molecule has 1 aliphatic rings. The molecule has 0 spiro atoms. The molecule has 0 fully saturated rings. The molecule has 7 heteroatoms. The Labute approximate surface area is 191 Å². The predicted molar refractivity (Wildman–Crippen MR) is 129 cm³/mol. The molecular weight excluding hydrogens is 424 g/mol. The van der Waals surface area contributed by atoms with Crippen molar-refractivity contribution in [2.75, 3.05) is 17.2 Å². The number of hydrogen-bond acceptors (Lipinski definition) is 5. The van der Waals surface area contributed by atoms with Crippen LogP contribution in [-0.4, -0.2) is 33.0 Å². The number of allylic oxidation sites excluding steroid dienone is 1. The van der Waals surface area contributed by atoms with Crippen LogP contribution in [0.3, 0.4) is 0 Å². The van der Waals surface area contributed by atoms with Gasteiger partial charge in [0, 0.05) is 23.7 Å². The summed E-state index contributed by atoms with van der Waals surface area (Å²) in [5.41, 5.74) is 3.54. The molecule has 0 radical (unpaired) electrons. The van der Waals surface area contributed by atoms with E-state index in [1.165, 1.54) is 27.8 Å². The third-order valence-corrected chi connectivity index (χ3v) is 7.19. The molecule has 0 N–H and O–H groups in total. The van der Waals surface area contributed by atoms with Gasteiger partial charge in [-0.3, -0.25) is 4.79 Å². The predicted octanol–water partition coefficient (Wildman–Crippen LogP) is 5.14. The van der Waals surface area contributed by atoms with Crippen LogP contribution in [0.5, 0.6) is 0 Å². The minimum absolute atomic E-state index is 0.112. The average Bonchev–Trinajstić information content (AvgIpc) is 3.18. The van der Waals surface area contributed by atoms with Crippen molar-refractivity contribution in [1.29, 1.82) is 0 Å². The molecule has 31 heavy (non-hydrogen) atoms. The maximum Gasteiger partial charge on any atom is 0.237 e. The summed E-state index contributed by atoms with van der Waals surface area (Å²) in [5, 5.41) is 9.52. The SMILES string of the molecule is C=CCn1c(CSc2ccc(C)cc2)nnc1SCC(=O)N1CCCc2ccccc21. The lowest BCUT2D eigenvalue weighted by atomic mass is 10.0. The first kappa shape index (κ1) is 21.7. The molecule has 2 aromatic carbocycles. The quantitative estimate of drug-likeness (QED) is 0.351. The van der Waals surface area contributed by atoms with Crippen molar-refractivity contribution in [3.8, 4) is 0 Å². The van der Waals surface area contributed by atoms with Crippen molar-refractivity contribution >= 4 is 35.1 Å². The first-order chi connectivity index (χ1) is 15.2. The summed E-state index contributed by atoms with van der Waals surface area (Å²) in [5.74, 6) is 2.07. The lowest BCUT2D eigenvalue weighted by Crippen LogP contribution is -2.36. The highest BCUT2D eigenvalue weighted by molar-refractivity contribution is 7.99. The Bertz CT molecular complexity index is 1060. The Morgan fingerprint density at radius 2 is 1.94 bits per heavy atom. The fourth-order valence-electron chi connectivity index (χ4n) is 3.62. The molecule has 0 atom stereocenters. The molecule has 0 unspecified atom stereocenters. The topological polar surface area (TPSA) is 51.0 Å². The fraction of sp³-hybridized carbons (Fsp3) is 0.292. The maximum atomic E-state index is 13.0. The van der Waals surface area contributed by atoms with Gasteiger partial charge in [0.25, 0.3) is 0 Å². The van der Waals surface area contributed by atoms with Crippen LogP contribution in [0.4, 0.5) is 5.69 Å². The highest BCUT2D eigenvalue weighted by Gasteiger charge is 2.23. The van der Waals surface area contributed by atoms with Crippen LogP contribution in [-0.2, 0) is 23.5 Å². The van der Waals surface area contributed by atoms with Crippen molar-refractivity contribution < 1.29 is 4.79 Å². The van der Waals surface area contributed by atoms with Gasteiger partial charge in [-0.1, -0.05) is 53.7 Å². The van der Waals surface area contributed by atoms with E-state index in [9.17, 15) is 4.79 Å². The van der Waals surface area contributed by atoms with Crippen LogP contribution in [0.25, 0.3) is 0 Å². The van der Waals surface area contributed by atoms with Crippen molar-refractivity contribution in [2.45, 2.75) is 42.1 Å². The van der Waals surface area contributed by atoms with Gasteiger partial charge in [-0.05, 0) is 43.5 Å². The van der Waals surface area contributed by atoms with Crippen LogP contribution in [0.1, 0.15) is 23.4 Å². The van der Waals surface area contributed by atoms with Gasteiger partial charge in [0.15, 0.2) is 5.16 Å². The minimum Gasteiger partial charge on any atom is -0.311 e. The summed E-state index contributed by atoms with van der Waals surface area (Å²) >= 11 is 3.18. The number of hydrogen-bond donors (Lipinski definition) is 0. The zero-order valence-electron chi connectivity index (χ0n) is 17.7. The monoisotopic (exact) mass is 450 g/mol. The first-order valence-corrected chi connectivity index (χ1v) is 12.4. The second-order valence-corrected chi connectivity index (χ2v) is 9.46. The molecule has 1 aromatic heterocycles. The van der Waals surface area contributed by atoms with E-state index in [1.54, 1.807) is 11.8 Å². The average molecular weight is 451 g/mol. The first-order valence-electron chi connectivity index (χ1n) is 10.4. The number of aromatic nitrogens is 3. The van der Waals surface area contributed by atoms with E-state index in [2.05, 4.69) is 58.6 Å². The number of carbonyl (C=O) groups is 1. The number of thioether (sulfide) groups is 2. The van der Waals surface area contributed by atoms with E-state index in [0.29, 0.717) is 12.3 Å². The Morgan fingerprint density at radius 1 is 1.13 bits per heavy atom. The summed E-state index contributed by atoms with van der Waals surface area (Å²) in [4.78, 5) is 16.1. The van der Waals surface area contributed by atoms with E-state index in [0.717, 1.165) is 41.8 Å². The van der Waals surface area contributed by atoms with E-state index in [1.807, 2.05) is 29.2 Å². The zero-order valence-corrected chi connectivity index (χ0v) is 19.3. The molecule has 5 nitrogen and oxygen atoms in total. The van der Waals surface area contributed by atoms with Gasteiger partial charge < -0.3 is 9.47 Å². The van der Waals surface area contributed by atoms with E-state index < -0.39 is 0 Å². The number of carbonyl (C=O) groups excluding carboxylic acids is 1. The second kappa shape index (κ2) is 10.2. The van der Waals surface area contributed by atoms with Gasteiger partial charge in [0.2, 0.25) is 5.91 Å². The van der Waals surface area contributed by atoms with Crippen LogP contribution >= 0.6 is 23.5 Å². The van der Waals surface area contributed by atoms with Gasteiger partial charge in [0.05, 0.1) is 11.5 Å². The van der Waals surface area contributed by atoms with Gasteiger partial charge in [-0.15, -0.1) is 28.5 Å². The zero-order chi connectivity index (χ0) is 21.6. The van der Waals surface area contributed by atoms with Gasteiger partial charge in [0.1, 0.15) is 5.82 Å². The number of para-hydroxylation sites is 1. The van der Waals surface area contributed by atoms with E-state index >= 15 is 0 Å².